The molecular formula is C52H36N2. The van der Waals surface area contributed by atoms with E-state index in [2.05, 4.69) is 228 Å². The third kappa shape index (κ3) is 5.36. The molecule has 1 aromatic heterocycles. The van der Waals surface area contributed by atoms with Gasteiger partial charge in [0.05, 0.1) is 28.1 Å². The van der Waals surface area contributed by atoms with Gasteiger partial charge in [-0.25, -0.2) is 0 Å². The van der Waals surface area contributed by atoms with Gasteiger partial charge in [-0.2, -0.15) is 0 Å². The van der Waals surface area contributed by atoms with Crippen LogP contribution < -0.4 is 4.90 Å². The number of hydrogen-bond acceptors (Lipinski definition) is 1. The summed E-state index contributed by atoms with van der Waals surface area (Å²) >= 11 is 0. The summed E-state index contributed by atoms with van der Waals surface area (Å²) < 4.78 is 2.45. The number of benzene rings is 9. The summed E-state index contributed by atoms with van der Waals surface area (Å²) in [5.74, 6) is 0. The molecule has 10 rings (SSSR count). The molecule has 2 nitrogen and oxygen atoms in total. The van der Waals surface area contributed by atoms with Crippen LogP contribution in [0.15, 0.2) is 218 Å². The topological polar surface area (TPSA) is 8.17 Å². The first-order valence-electron chi connectivity index (χ1n) is 18.5. The molecule has 0 spiro atoms. The summed E-state index contributed by atoms with van der Waals surface area (Å²) in [6.45, 7) is 0. The Balaban J connectivity index is 1.29. The molecule has 10 aromatic rings. The highest BCUT2D eigenvalue weighted by atomic mass is 15.1. The lowest BCUT2D eigenvalue weighted by Crippen LogP contribution is -2.11. The monoisotopic (exact) mass is 688 g/mol. The van der Waals surface area contributed by atoms with Crippen LogP contribution in [0.25, 0.3) is 71.6 Å². The third-order valence-corrected chi connectivity index (χ3v) is 10.6. The van der Waals surface area contributed by atoms with Crippen molar-refractivity contribution < 1.29 is 0 Å². The molecule has 0 N–H and O–H groups in total. The molecule has 0 aliphatic rings. The molecule has 0 saturated heterocycles. The van der Waals surface area contributed by atoms with Crippen molar-refractivity contribution >= 4 is 49.6 Å². The van der Waals surface area contributed by atoms with Crippen LogP contribution in [0.2, 0.25) is 0 Å². The molecule has 0 bridgehead atoms. The van der Waals surface area contributed by atoms with Crippen LogP contribution >= 0.6 is 0 Å². The zero-order valence-corrected chi connectivity index (χ0v) is 29.7. The maximum Gasteiger partial charge on any atom is 0.0562 e. The predicted molar refractivity (Wildman–Crippen MR) is 229 cm³/mol. The van der Waals surface area contributed by atoms with Gasteiger partial charge in [-0.05, 0) is 75.7 Å². The van der Waals surface area contributed by atoms with E-state index in [1.807, 2.05) is 0 Å². The number of para-hydroxylation sites is 2. The minimum Gasteiger partial charge on any atom is -0.309 e. The quantitative estimate of drug-likeness (QED) is 0.162. The molecule has 0 atom stereocenters. The Morgan fingerprint density at radius 3 is 1.63 bits per heavy atom. The largest absolute Gasteiger partial charge is 0.309 e. The van der Waals surface area contributed by atoms with Gasteiger partial charge in [0.15, 0.2) is 0 Å². The average molecular weight is 689 g/mol. The van der Waals surface area contributed by atoms with Crippen molar-refractivity contribution in [2.45, 2.75) is 0 Å². The van der Waals surface area contributed by atoms with E-state index >= 15 is 0 Å². The molecule has 0 fully saturated rings. The minimum absolute atomic E-state index is 1.10. The van der Waals surface area contributed by atoms with E-state index in [1.54, 1.807) is 0 Å². The van der Waals surface area contributed by atoms with Crippen molar-refractivity contribution in [3.8, 4) is 39.1 Å². The van der Waals surface area contributed by atoms with Crippen molar-refractivity contribution in [2.75, 3.05) is 4.90 Å². The summed E-state index contributed by atoms with van der Waals surface area (Å²) in [6, 6.07) is 78.9. The number of fused-ring (bicyclic) bond motifs is 4. The van der Waals surface area contributed by atoms with Crippen LogP contribution in [-0.2, 0) is 0 Å². The average Bonchev–Trinajstić information content (AvgIpc) is 3.60. The molecule has 0 aliphatic heterocycles. The number of rotatable bonds is 7. The second-order valence-electron chi connectivity index (χ2n) is 13.7. The van der Waals surface area contributed by atoms with Crippen LogP contribution in [-0.4, -0.2) is 4.57 Å². The molecule has 0 unspecified atom stereocenters. The molecular weight excluding hydrogens is 653 g/mol. The lowest BCUT2D eigenvalue weighted by Gasteiger charge is -2.29. The van der Waals surface area contributed by atoms with Gasteiger partial charge >= 0.3 is 0 Å². The Hall–Kier alpha value is -7.16. The first-order valence-corrected chi connectivity index (χ1v) is 18.5. The second kappa shape index (κ2) is 13.4. The zero-order valence-electron chi connectivity index (χ0n) is 29.7. The van der Waals surface area contributed by atoms with Crippen molar-refractivity contribution in [3.63, 3.8) is 0 Å². The highest BCUT2D eigenvalue weighted by molar-refractivity contribution is 6.18. The first kappa shape index (κ1) is 31.6. The molecule has 54 heavy (non-hydrogen) atoms. The van der Waals surface area contributed by atoms with Gasteiger partial charge in [0.2, 0.25) is 0 Å². The normalized spacial score (nSPS) is 11.3. The first-order chi connectivity index (χ1) is 26.8. The number of aromatic nitrogens is 1. The lowest BCUT2D eigenvalue weighted by molar-refractivity contribution is 1.18. The van der Waals surface area contributed by atoms with E-state index in [4.69, 9.17) is 0 Å². The standard InChI is InChI=1S/C52H36N2/c1-4-18-37(19-5-1)42-35-34-41(36-46(42)40-22-8-3-9-23-40)53(47-31-16-25-39-24-10-11-26-43(39)47)50-32-17-33-51-52(50)45-28-13-15-30-49(45)54(51)48-29-14-12-27-44(48)38-20-6-2-7-21-38/h1-36H. The van der Waals surface area contributed by atoms with Gasteiger partial charge < -0.3 is 9.47 Å². The third-order valence-electron chi connectivity index (χ3n) is 10.6. The summed E-state index contributed by atoms with van der Waals surface area (Å²) in [5.41, 5.74) is 14.0. The van der Waals surface area contributed by atoms with Gasteiger partial charge in [0, 0.05) is 27.4 Å². The van der Waals surface area contributed by atoms with Gasteiger partial charge in [-0.15, -0.1) is 0 Å². The van der Waals surface area contributed by atoms with Crippen molar-refractivity contribution in [2.24, 2.45) is 0 Å². The van der Waals surface area contributed by atoms with Crippen molar-refractivity contribution in [1.82, 2.24) is 4.57 Å². The SMILES string of the molecule is c1ccc(-c2ccc(N(c3cccc4ccccc34)c3cccc4c3c3ccccc3n4-c3ccccc3-c3ccccc3)cc2-c2ccccc2)cc1. The summed E-state index contributed by atoms with van der Waals surface area (Å²) in [4.78, 5) is 2.48. The number of nitrogens with zero attached hydrogens (tertiary/aromatic N) is 2. The maximum atomic E-state index is 2.48. The Labute approximate surface area is 315 Å². The van der Waals surface area contributed by atoms with Crippen LogP contribution in [0.1, 0.15) is 0 Å². The molecule has 2 heteroatoms. The predicted octanol–water partition coefficient (Wildman–Crippen LogP) is 14.4. The molecule has 9 aromatic carbocycles. The molecule has 0 amide bonds. The Morgan fingerprint density at radius 1 is 0.333 bits per heavy atom. The molecule has 1 heterocycles. The van der Waals surface area contributed by atoms with Gasteiger partial charge in [0.25, 0.3) is 0 Å². The fraction of sp³-hybridized carbons (Fsp3) is 0. The fourth-order valence-corrected chi connectivity index (χ4v) is 8.19. The summed E-state index contributed by atoms with van der Waals surface area (Å²) in [5, 5.41) is 4.82. The van der Waals surface area contributed by atoms with E-state index < -0.39 is 0 Å². The lowest BCUT2D eigenvalue weighted by atomic mass is 9.93. The summed E-state index contributed by atoms with van der Waals surface area (Å²) in [7, 11) is 0. The second-order valence-corrected chi connectivity index (χ2v) is 13.7. The van der Waals surface area contributed by atoms with Gasteiger partial charge in [-0.1, -0.05) is 176 Å². The Bertz CT molecular complexity index is 2920. The van der Waals surface area contributed by atoms with Crippen LogP contribution in [0.4, 0.5) is 17.1 Å². The molecule has 254 valence electrons. The van der Waals surface area contributed by atoms with Gasteiger partial charge in [-0.3, -0.25) is 0 Å². The number of anilines is 3. The highest BCUT2D eigenvalue weighted by Crippen LogP contribution is 2.47. The van der Waals surface area contributed by atoms with Gasteiger partial charge in [0.1, 0.15) is 0 Å². The van der Waals surface area contributed by atoms with E-state index in [1.165, 1.54) is 60.4 Å². The molecule has 0 saturated carbocycles. The van der Waals surface area contributed by atoms with Crippen LogP contribution in [0.3, 0.4) is 0 Å². The Morgan fingerprint density at radius 2 is 0.870 bits per heavy atom. The minimum atomic E-state index is 1.10. The van der Waals surface area contributed by atoms with E-state index in [-0.39, 0.29) is 0 Å². The maximum absolute atomic E-state index is 2.48. The highest BCUT2D eigenvalue weighted by Gasteiger charge is 2.24. The zero-order chi connectivity index (χ0) is 35.8. The molecule has 0 radical (unpaired) electrons. The fourth-order valence-electron chi connectivity index (χ4n) is 8.19. The van der Waals surface area contributed by atoms with Crippen LogP contribution in [0, 0.1) is 0 Å². The number of hydrogen-bond donors (Lipinski definition) is 0. The molecule has 0 aliphatic carbocycles. The van der Waals surface area contributed by atoms with E-state index in [0.717, 1.165) is 28.3 Å². The smallest absolute Gasteiger partial charge is 0.0562 e. The Kier molecular flexibility index (Phi) is 7.85. The van der Waals surface area contributed by atoms with E-state index in [0.29, 0.717) is 0 Å². The van der Waals surface area contributed by atoms with E-state index in [9.17, 15) is 0 Å². The van der Waals surface area contributed by atoms with Crippen molar-refractivity contribution in [1.29, 1.82) is 0 Å². The van der Waals surface area contributed by atoms with Crippen molar-refractivity contribution in [3.05, 3.63) is 218 Å². The van der Waals surface area contributed by atoms with Crippen LogP contribution in [0.5, 0.6) is 0 Å². The summed E-state index contributed by atoms with van der Waals surface area (Å²) in [6.07, 6.45) is 0.